The molecule has 0 aliphatic heterocycles. The summed E-state index contributed by atoms with van der Waals surface area (Å²) in [5, 5.41) is 34.9. The van der Waals surface area contributed by atoms with Crippen molar-refractivity contribution in [3.63, 3.8) is 0 Å². The molecule has 13 nitrogen and oxygen atoms in total. The Labute approximate surface area is 244 Å². The highest BCUT2D eigenvalue weighted by molar-refractivity contribution is 5.94. The van der Waals surface area contributed by atoms with Gasteiger partial charge in [-0.25, -0.2) is 5.48 Å². The molecule has 0 bridgehead atoms. The first kappa shape index (κ1) is 30.2. The maximum absolute atomic E-state index is 12.4. The molecule has 0 saturated carbocycles. The number of carbonyl (C=O) groups excluding carboxylic acids is 2. The molecule has 5 N–H and O–H groups in total. The summed E-state index contributed by atoms with van der Waals surface area (Å²) in [5.41, 5.74) is 7.03. The number of hydrogen-bond donors (Lipinski definition) is 5. The summed E-state index contributed by atoms with van der Waals surface area (Å²) in [6.45, 7) is 4.98. The SMILES string of the molecule is Cc1ccc(NCc2cn(CCn3cc(CNc4ccc(C(=O)NCCCCCCC(=O)NO)cc4)nn3)nn2)cc1. The maximum Gasteiger partial charge on any atom is 0.251 e. The van der Waals surface area contributed by atoms with Gasteiger partial charge in [0.25, 0.3) is 5.91 Å². The van der Waals surface area contributed by atoms with Crippen LogP contribution < -0.4 is 21.4 Å². The standard InChI is InChI=1S/C29H38N10O3/c1-22-7-11-24(12-8-22)31-18-26-20-38(36-33-26)16-17-39-21-27(34-37-39)19-32-25-13-9-23(10-14-25)29(41)30-15-5-3-2-4-6-28(40)35-42/h7-14,20-21,31-32,42H,2-6,15-19H2,1H3,(H,30,41)(H,35,40). The van der Waals surface area contributed by atoms with E-state index in [9.17, 15) is 9.59 Å². The number of carbonyl (C=O) groups is 2. The average Bonchev–Trinajstić information content (AvgIpc) is 3.67. The summed E-state index contributed by atoms with van der Waals surface area (Å²) >= 11 is 0. The summed E-state index contributed by atoms with van der Waals surface area (Å²) in [7, 11) is 0. The highest BCUT2D eigenvalue weighted by Gasteiger charge is 2.07. The fourth-order valence-electron chi connectivity index (χ4n) is 4.18. The van der Waals surface area contributed by atoms with Crippen molar-refractivity contribution in [1.82, 2.24) is 40.8 Å². The van der Waals surface area contributed by atoms with Crippen molar-refractivity contribution in [3.05, 3.63) is 83.4 Å². The van der Waals surface area contributed by atoms with Crippen LogP contribution in [0.3, 0.4) is 0 Å². The second-order valence-corrected chi connectivity index (χ2v) is 10.1. The van der Waals surface area contributed by atoms with Crippen molar-refractivity contribution < 1.29 is 14.8 Å². The Bertz CT molecular complexity index is 1400. The topological polar surface area (TPSA) is 164 Å². The van der Waals surface area contributed by atoms with Crippen molar-refractivity contribution in [2.75, 3.05) is 17.2 Å². The van der Waals surface area contributed by atoms with Crippen LogP contribution in [0.15, 0.2) is 60.9 Å². The molecule has 2 aromatic carbocycles. The highest BCUT2D eigenvalue weighted by atomic mass is 16.5. The second-order valence-electron chi connectivity index (χ2n) is 10.1. The smallest absolute Gasteiger partial charge is 0.251 e. The van der Waals surface area contributed by atoms with E-state index in [-0.39, 0.29) is 11.8 Å². The maximum atomic E-state index is 12.4. The van der Waals surface area contributed by atoms with Gasteiger partial charge in [0.1, 0.15) is 11.4 Å². The largest absolute Gasteiger partial charge is 0.379 e. The van der Waals surface area contributed by atoms with E-state index in [2.05, 4.69) is 55.6 Å². The number of aromatic nitrogens is 6. The van der Waals surface area contributed by atoms with Gasteiger partial charge >= 0.3 is 0 Å². The number of nitrogens with zero attached hydrogens (tertiary/aromatic N) is 6. The van der Waals surface area contributed by atoms with E-state index in [1.165, 1.54) is 5.56 Å². The Hall–Kier alpha value is -4.78. The van der Waals surface area contributed by atoms with Crippen LogP contribution in [0.25, 0.3) is 0 Å². The molecule has 0 spiro atoms. The van der Waals surface area contributed by atoms with E-state index in [0.717, 1.165) is 42.0 Å². The molecule has 4 rings (SSSR count). The summed E-state index contributed by atoms with van der Waals surface area (Å²) in [4.78, 5) is 23.3. The molecular weight excluding hydrogens is 536 g/mol. The third-order valence-electron chi connectivity index (χ3n) is 6.62. The van der Waals surface area contributed by atoms with Gasteiger partial charge in [0.05, 0.1) is 38.6 Å². The van der Waals surface area contributed by atoms with Gasteiger partial charge in [0.2, 0.25) is 5.91 Å². The quantitative estimate of drug-likeness (QED) is 0.0723. The monoisotopic (exact) mass is 574 g/mol. The van der Waals surface area contributed by atoms with Gasteiger partial charge in [-0.2, -0.15) is 0 Å². The molecule has 0 unspecified atom stereocenters. The van der Waals surface area contributed by atoms with E-state index < -0.39 is 0 Å². The summed E-state index contributed by atoms with van der Waals surface area (Å²) in [5.74, 6) is -0.490. The summed E-state index contributed by atoms with van der Waals surface area (Å²) < 4.78 is 3.58. The van der Waals surface area contributed by atoms with E-state index in [0.29, 0.717) is 51.1 Å². The van der Waals surface area contributed by atoms with Crippen LogP contribution in [0.4, 0.5) is 11.4 Å². The molecule has 0 fully saturated rings. The molecule has 222 valence electrons. The summed E-state index contributed by atoms with van der Waals surface area (Å²) in [6, 6.07) is 15.5. The van der Waals surface area contributed by atoms with Crippen molar-refractivity contribution in [2.24, 2.45) is 0 Å². The average molecular weight is 575 g/mol. The van der Waals surface area contributed by atoms with Crippen molar-refractivity contribution in [2.45, 2.75) is 65.2 Å². The zero-order valence-corrected chi connectivity index (χ0v) is 23.8. The lowest BCUT2D eigenvalue weighted by Crippen LogP contribution is -2.24. The predicted molar refractivity (Wildman–Crippen MR) is 158 cm³/mol. The van der Waals surface area contributed by atoms with Crippen LogP contribution in [0.5, 0.6) is 0 Å². The van der Waals surface area contributed by atoms with Crippen LogP contribution in [0, 0.1) is 6.92 Å². The minimum atomic E-state index is -0.371. The van der Waals surface area contributed by atoms with Crippen molar-refractivity contribution in [3.8, 4) is 0 Å². The van der Waals surface area contributed by atoms with Crippen LogP contribution in [0.2, 0.25) is 0 Å². The first-order valence-corrected chi connectivity index (χ1v) is 14.1. The van der Waals surface area contributed by atoms with E-state index >= 15 is 0 Å². The zero-order chi connectivity index (χ0) is 29.6. The van der Waals surface area contributed by atoms with Gasteiger partial charge in [-0.15, -0.1) is 10.2 Å². The fourth-order valence-corrected chi connectivity index (χ4v) is 4.18. The normalized spacial score (nSPS) is 10.8. The minimum Gasteiger partial charge on any atom is -0.379 e. The predicted octanol–water partition coefficient (Wildman–Crippen LogP) is 3.29. The first-order chi connectivity index (χ1) is 20.5. The van der Waals surface area contributed by atoms with Crippen LogP contribution in [-0.4, -0.2) is 53.6 Å². The Kier molecular flexibility index (Phi) is 11.4. The molecule has 42 heavy (non-hydrogen) atoms. The van der Waals surface area contributed by atoms with Gasteiger partial charge in [0, 0.05) is 29.9 Å². The van der Waals surface area contributed by atoms with Crippen LogP contribution >= 0.6 is 0 Å². The van der Waals surface area contributed by atoms with Gasteiger partial charge in [-0.3, -0.25) is 24.2 Å². The molecule has 0 aliphatic rings. The molecular formula is C29H38N10O3. The minimum absolute atomic E-state index is 0.119. The van der Waals surface area contributed by atoms with Gasteiger partial charge in [-0.1, -0.05) is 41.0 Å². The first-order valence-electron chi connectivity index (χ1n) is 14.1. The van der Waals surface area contributed by atoms with E-state index in [4.69, 9.17) is 5.21 Å². The lowest BCUT2D eigenvalue weighted by Gasteiger charge is -2.07. The highest BCUT2D eigenvalue weighted by Crippen LogP contribution is 2.12. The lowest BCUT2D eigenvalue weighted by atomic mass is 10.1. The summed E-state index contributed by atoms with van der Waals surface area (Å²) in [6.07, 6.45) is 7.44. The molecule has 2 heterocycles. The number of hydroxylamine groups is 1. The molecule has 0 atom stereocenters. The second kappa shape index (κ2) is 15.9. The van der Waals surface area contributed by atoms with Crippen LogP contribution in [0.1, 0.15) is 59.4 Å². The number of hydrogen-bond acceptors (Lipinski definition) is 9. The molecule has 2 amide bonds. The number of benzene rings is 2. The zero-order valence-electron chi connectivity index (χ0n) is 23.8. The molecule has 13 heteroatoms. The van der Waals surface area contributed by atoms with E-state index in [1.807, 2.05) is 36.7 Å². The number of rotatable bonds is 17. The Balaban J connectivity index is 1.11. The van der Waals surface area contributed by atoms with Gasteiger partial charge in [0.15, 0.2) is 0 Å². The number of aryl methyl sites for hydroxylation is 3. The number of unbranched alkanes of at least 4 members (excludes halogenated alkanes) is 3. The molecule has 0 aliphatic carbocycles. The van der Waals surface area contributed by atoms with Gasteiger partial charge < -0.3 is 16.0 Å². The number of anilines is 2. The molecule has 4 aromatic rings. The Morgan fingerprint density at radius 2 is 1.31 bits per heavy atom. The fraction of sp³-hybridized carbons (Fsp3) is 0.379. The van der Waals surface area contributed by atoms with Gasteiger partial charge in [-0.05, 0) is 56.2 Å². The molecule has 2 aromatic heterocycles. The third kappa shape index (κ3) is 10.0. The number of amides is 2. The van der Waals surface area contributed by atoms with E-state index in [1.54, 1.807) is 27.0 Å². The lowest BCUT2D eigenvalue weighted by molar-refractivity contribution is -0.129. The van der Waals surface area contributed by atoms with Crippen molar-refractivity contribution >= 4 is 23.2 Å². The Morgan fingerprint density at radius 3 is 1.88 bits per heavy atom. The number of nitrogens with one attached hydrogen (secondary N) is 4. The Morgan fingerprint density at radius 1 is 0.762 bits per heavy atom. The molecule has 0 saturated heterocycles. The van der Waals surface area contributed by atoms with Crippen LogP contribution in [-0.2, 0) is 31.0 Å². The molecule has 0 radical (unpaired) electrons. The third-order valence-corrected chi connectivity index (χ3v) is 6.62. The van der Waals surface area contributed by atoms with Crippen molar-refractivity contribution in [1.29, 1.82) is 0 Å².